The van der Waals surface area contributed by atoms with Gasteiger partial charge in [-0.15, -0.1) is 0 Å². The fraction of sp³-hybridized carbons (Fsp3) is 0.0667. The van der Waals surface area contributed by atoms with E-state index in [2.05, 4.69) is 26.2 Å². The summed E-state index contributed by atoms with van der Waals surface area (Å²) in [6, 6.07) is 11.1. The number of halogens is 2. The number of fused-ring (bicyclic) bond motifs is 1. The summed E-state index contributed by atoms with van der Waals surface area (Å²) in [4.78, 5) is 16.7. The Morgan fingerprint density at radius 2 is 2.10 bits per heavy atom. The number of thiazole rings is 1. The van der Waals surface area contributed by atoms with Crippen LogP contribution < -0.4 is 5.32 Å². The molecule has 106 valence electrons. The Kier molecular flexibility index (Phi) is 3.97. The number of carbonyl (C=O) groups excluding carboxylic acids is 1. The van der Waals surface area contributed by atoms with E-state index in [1.165, 1.54) is 11.3 Å². The quantitative estimate of drug-likeness (QED) is 0.657. The molecule has 0 aliphatic carbocycles. The SMILES string of the molecule is Cc1ccc(C(=O)Nc2nc3ccc(Cl)cc3s2)c(Br)c1. The van der Waals surface area contributed by atoms with Gasteiger partial charge in [-0.3, -0.25) is 10.1 Å². The molecule has 3 rings (SSSR count). The first-order valence-corrected chi connectivity index (χ1v) is 8.15. The molecule has 0 unspecified atom stereocenters. The van der Waals surface area contributed by atoms with Crippen LogP contribution in [0.4, 0.5) is 5.13 Å². The van der Waals surface area contributed by atoms with Crippen LogP contribution in [-0.2, 0) is 0 Å². The minimum absolute atomic E-state index is 0.188. The second-order valence-corrected chi connectivity index (χ2v) is 6.89. The van der Waals surface area contributed by atoms with Crippen LogP contribution in [0.5, 0.6) is 0 Å². The number of hydrogen-bond donors (Lipinski definition) is 1. The van der Waals surface area contributed by atoms with Crippen LogP contribution in [0.25, 0.3) is 10.2 Å². The highest BCUT2D eigenvalue weighted by Crippen LogP contribution is 2.29. The van der Waals surface area contributed by atoms with E-state index in [0.717, 1.165) is 20.3 Å². The minimum Gasteiger partial charge on any atom is -0.298 e. The highest BCUT2D eigenvalue weighted by atomic mass is 79.9. The number of aromatic nitrogens is 1. The number of hydrogen-bond acceptors (Lipinski definition) is 3. The van der Waals surface area contributed by atoms with Gasteiger partial charge in [-0.05, 0) is 58.7 Å². The Morgan fingerprint density at radius 3 is 2.86 bits per heavy atom. The molecule has 3 aromatic rings. The Hall–Kier alpha value is -1.43. The van der Waals surface area contributed by atoms with Gasteiger partial charge in [-0.25, -0.2) is 4.98 Å². The molecule has 1 aromatic heterocycles. The molecule has 2 aromatic carbocycles. The normalized spacial score (nSPS) is 10.8. The smallest absolute Gasteiger partial charge is 0.258 e. The summed E-state index contributed by atoms with van der Waals surface area (Å²) in [6.07, 6.45) is 0. The predicted octanol–water partition coefficient (Wildman–Crippen LogP) is 5.27. The van der Waals surface area contributed by atoms with Crippen molar-refractivity contribution in [1.29, 1.82) is 0 Å². The van der Waals surface area contributed by atoms with E-state index in [-0.39, 0.29) is 5.91 Å². The average molecular weight is 382 g/mol. The molecule has 21 heavy (non-hydrogen) atoms. The number of amides is 1. The van der Waals surface area contributed by atoms with Crippen molar-refractivity contribution in [1.82, 2.24) is 4.98 Å². The predicted molar refractivity (Wildman–Crippen MR) is 91.5 cm³/mol. The second-order valence-electron chi connectivity index (χ2n) is 4.57. The van der Waals surface area contributed by atoms with Crippen LogP contribution in [0.2, 0.25) is 5.02 Å². The number of anilines is 1. The van der Waals surface area contributed by atoms with Crippen molar-refractivity contribution in [3.63, 3.8) is 0 Å². The van der Waals surface area contributed by atoms with Crippen molar-refractivity contribution >= 4 is 60.1 Å². The summed E-state index contributed by atoms with van der Waals surface area (Å²) < 4.78 is 1.71. The summed E-state index contributed by atoms with van der Waals surface area (Å²) >= 11 is 10.8. The largest absolute Gasteiger partial charge is 0.298 e. The maximum absolute atomic E-state index is 12.3. The van der Waals surface area contributed by atoms with E-state index < -0.39 is 0 Å². The second kappa shape index (κ2) is 5.75. The van der Waals surface area contributed by atoms with Crippen LogP contribution in [0.15, 0.2) is 40.9 Å². The van der Waals surface area contributed by atoms with Gasteiger partial charge in [0.05, 0.1) is 15.8 Å². The zero-order valence-corrected chi connectivity index (χ0v) is 14.1. The highest BCUT2D eigenvalue weighted by Gasteiger charge is 2.13. The third-order valence-electron chi connectivity index (χ3n) is 2.94. The molecule has 0 radical (unpaired) electrons. The van der Waals surface area contributed by atoms with E-state index in [4.69, 9.17) is 11.6 Å². The van der Waals surface area contributed by atoms with Crippen molar-refractivity contribution in [3.05, 3.63) is 57.0 Å². The molecular weight excluding hydrogens is 372 g/mol. The molecule has 0 saturated carbocycles. The fourth-order valence-corrected chi connectivity index (χ4v) is 3.73. The van der Waals surface area contributed by atoms with Crippen molar-refractivity contribution in [2.45, 2.75) is 6.92 Å². The van der Waals surface area contributed by atoms with Crippen LogP contribution in [-0.4, -0.2) is 10.9 Å². The topological polar surface area (TPSA) is 42.0 Å². The van der Waals surface area contributed by atoms with Crippen LogP contribution >= 0.6 is 38.9 Å². The van der Waals surface area contributed by atoms with Crippen molar-refractivity contribution in [2.24, 2.45) is 0 Å². The lowest BCUT2D eigenvalue weighted by molar-refractivity contribution is 0.102. The Labute approximate surface area is 139 Å². The number of benzene rings is 2. The lowest BCUT2D eigenvalue weighted by Gasteiger charge is -2.04. The van der Waals surface area contributed by atoms with Gasteiger partial charge in [0, 0.05) is 9.50 Å². The van der Waals surface area contributed by atoms with Crippen molar-refractivity contribution in [2.75, 3.05) is 5.32 Å². The summed E-state index contributed by atoms with van der Waals surface area (Å²) in [7, 11) is 0. The summed E-state index contributed by atoms with van der Waals surface area (Å²) in [5.41, 5.74) is 2.49. The van der Waals surface area contributed by atoms with E-state index in [9.17, 15) is 4.79 Å². The van der Waals surface area contributed by atoms with Crippen LogP contribution in [0.1, 0.15) is 15.9 Å². The number of aryl methyl sites for hydroxylation is 1. The summed E-state index contributed by atoms with van der Waals surface area (Å²) in [6.45, 7) is 1.98. The average Bonchev–Trinajstić information content (AvgIpc) is 2.79. The molecule has 1 heterocycles. The van der Waals surface area contributed by atoms with E-state index >= 15 is 0 Å². The molecule has 0 atom stereocenters. The molecule has 0 aliphatic rings. The van der Waals surface area contributed by atoms with E-state index in [1.807, 2.05) is 31.2 Å². The fourth-order valence-electron chi connectivity index (χ4n) is 1.92. The lowest BCUT2D eigenvalue weighted by Crippen LogP contribution is -2.12. The Bertz CT molecular complexity index is 847. The molecule has 3 nitrogen and oxygen atoms in total. The number of carbonyl (C=O) groups is 1. The monoisotopic (exact) mass is 380 g/mol. The number of rotatable bonds is 2. The molecule has 0 aliphatic heterocycles. The van der Waals surface area contributed by atoms with Crippen molar-refractivity contribution < 1.29 is 4.79 Å². The summed E-state index contributed by atoms with van der Waals surface area (Å²) in [5.74, 6) is -0.188. The molecule has 1 N–H and O–H groups in total. The molecule has 1 amide bonds. The molecule has 0 fully saturated rings. The van der Waals surface area contributed by atoms with Gasteiger partial charge < -0.3 is 0 Å². The maximum atomic E-state index is 12.3. The highest BCUT2D eigenvalue weighted by molar-refractivity contribution is 9.10. The Morgan fingerprint density at radius 1 is 1.29 bits per heavy atom. The third kappa shape index (κ3) is 3.10. The minimum atomic E-state index is -0.188. The standard InChI is InChI=1S/C15H10BrClN2OS/c1-8-2-4-10(11(16)6-8)14(20)19-15-18-12-5-3-9(17)7-13(12)21-15/h2-7H,1H3,(H,18,19,20). The van der Waals surface area contributed by atoms with Crippen LogP contribution in [0.3, 0.4) is 0 Å². The molecule has 0 spiro atoms. The molecule has 0 saturated heterocycles. The Balaban J connectivity index is 1.89. The van der Waals surface area contributed by atoms with Gasteiger partial charge in [-0.1, -0.05) is 29.0 Å². The molecular formula is C15H10BrClN2OS. The van der Waals surface area contributed by atoms with Crippen molar-refractivity contribution in [3.8, 4) is 0 Å². The van der Waals surface area contributed by atoms with Gasteiger partial charge in [0.15, 0.2) is 5.13 Å². The van der Waals surface area contributed by atoms with Gasteiger partial charge in [0.25, 0.3) is 5.91 Å². The lowest BCUT2D eigenvalue weighted by atomic mass is 10.1. The van der Waals surface area contributed by atoms with E-state index in [1.54, 1.807) is 12.1 Å². The van der Waals surface area contributed by atoms with Gasteiger partial charge >= 0.3 is 0 Å². The van der Waals surface area contributed by atoms with Gasteiger partial charge in [0.1, 0.15) is 0 Å². The van der Waals surface area contributed by atoms with Gasteiger partial charge in [0.2, 0.25) is 0 Å². The molecule has 6 heteroatoms. The summed E-state index contributed by atoms with van der Waals surface area (Å²) in [5, 5.41) is 4.04. The first kappa shape index (κ1) is 14.5. The number of nitrogens with zero attached hydrogens (tertiary/aromatic N) is 1. The third-order valence-corrected chi connectivity index (χ3v) is 4.76. The number of nitrogens with one attached hydrogen (secondary N) is 1. The van der Waals surface area contributed by atoms with Crippen LogP contribution in [0, 0.1) is 6.92 Å². The first-order valence-electron chi connectivity index (χ1n) is 6.16. The first-order chi connectivity index (χ1) is 10.0. The maximum Gasteiger partial charge on any atom is 0.258 e. The zero-order chi connectivity index (χ0) is 15.0. The molecule has 0 bridgehead atoms. The van der Waals surface area contributed by atoms with Gasteiger partial charge in [-0.2, -0.15) is 0 Å². The van der Waals surface area contributed by atoms with E-state index in [0.29, 0.717) is 15.7 Å². The zero-order valence-electron chi connectivity index (χ0n) is 11.0.